The highest BCUT2D eigenvalue weighted by Gasteiger charge is 2.34. The van der Waals surface area contributed by atoms with Crippen molar-refractivity contribution in [1.29, 1.82) is 0 Å². The highest BCUT2D eigenvalue weighted by Crippen LogP contribution is 2.29. The minimum absolute atomic E-state index is 0.00549. The highest BCUT2D eigenvalue weighted by atomic mass is 16.4. The zero-order chi connectivity index (χ0) is 28.9. The van der Waals surface area contributed by atoms with E-state index in [2.05, 4.69) is 10.6 Å². The highest BCUT2D eigenvalue weighted by molar-refractivity contribution is 6.21. The standard InChI is InChI=1S/C32H26N4O5/c1-20-10-5-6-15-24(20)27(37)19-36-26-17-8-7-16-25(26)28(21-11-3-2-4-12-21)34-29(30(36)38)35-32(41)33-23-14-9-13-22(18-23)31(39)40/h2-18,29H,19H2,1H3,(H,39,40)(H2,33,35,41). The Kier molecular flexibility index (Phi) is 7.69. The van der Waals surface area contributed by atoms with Crippen LogP contribution >= 0.6 is 0 Å². The van der Waals surface area contributed by atoms with Crippen LogP contribution < -0.4 is 15.5 Å². The van der Waals surface area contributed by atoms with Crippen LogP contribution in [0.15, 0.2) is 108 Å². The molecule has 0 fully saturated rings. The fourth-order valence-corrected chi connectivity index (χ4v) is 4.65. The number of hydrogen-bond donors (Lipinski definition) is 3. The van der Waals surface area contributed by atoms with Crippen molar-refractivity contribution in [2.45, 2.75) is 13.1 Å². The lowest BCUT2D eigenvalue weighted by Crippen LogP contribution is -2.50. The summed E-state index contributed by atoms with van der Waals surface area (Å²) in [6.07, 6.45) is -1.38. The van der Waals surface area contributed by atoms with Crippen LogP contribution in [-0.4, -0.2) is 47.2 Å². The summed E-state index contributed by atoms with van der Waals surface area (Å²) < 4.78 is 0. The number of aliphatic imine (C=N–C) groups is 1. The monoisotopic (exact) mass is 546 g/mol. The van der Waals surface area contributed by atoms with E-state index in [9.17, 15) is 24.3 Å². The van der Waals surface area contributed by atoms with Gasteiger partial charge in [0.2, 0.25) is 6.17 Å². The van der Waals surface area contributed by atoms with Crippen LogP contribution in [-0.2, 0) is 4.79 Å². The van der Waals surface area contributed by atoms with Gasteiger partial charge in [0, 0.05) is 22.4 Å². The van der Waals surface area contributed by atoms with Gasteiger partial charge in [0.25, 0.3) is 5.91 Å². The van der Waals surface area contributed by atoms with Crippen molar-refractivity contribution >= 4 is 40.8 Å². The molecule has 1 unspecified atom stereocenters. The summed E-state index contributed by atoms with van der Waals surface area (Å²) in [6, 6.07) is 28.5. The smallest absolute Gasteiger partial charge is 0.335 e. The minimum atomic E-state index is -1.38. The fourth-order valence-electron chi connectivity index (χ4n) is 4.65. The number of anilines is 2. The molecule has 4 aromatic carbocycles. The number of aryl methyl sites for hydroxylation is 1. The van der Waals surface area contributed by atoms with Gasteiger partial charge >= 0.3 is 12.0 Å². The third kappa shape index (κ3) is 5.89. The van der Waals surface area contributed by atoms with Gasteiger partial charge in [-0.2, -0.15) is 0 Å². The van der Waals surface area contributed by atoms with Crippen LogP contribution in [0.1, 0.15) is 37.4 Å². The Morgan fingerprint density at radius 3 is 2.34 bits per heavy atom. The number of Topliss-reactive ketones (excluding diaryl/α,β-unsaturated/α-hetero) is 1. The average molecular weight is 547 g/mol. The topological polar surface area (TPSA) is 128 Å². The lowest BCUT2D eigenvalue weighted by molar-refractivity contribution is -0.120. The van der Waals surface area contributed by atoms with Gasteiger partial charge in [-0.25, -0.2) is 14.6 Å². The molecule has 1 heterocycles. The first kappa shape index (κ1) is 27.0. The zero-order valence-corrected chi connectivity index (χ0v) is 22.1. The summed E-state index contributed by atoms with van der Waals surface area (Å²) in [6.45, 7) is 1.56. The number of carbonyl (C=O) groups excluding carboxylic acids is 3. The van der Waals surface area contributed by atoms with Crippen molar-refractivity contribution in [2.75, 3.05) is 16.8 Å². The lowest BCUT2D eigenvalue weighted by atomic mass is 9.99. The summed E-state index contributed by atoms with van der Waals surface area (Å²) in [4.78, 5) is 57.9. The van der Waals surface area contributed by atoms with Gasteiger partial charge in [-0.1, -0.05) is 78.9 Å². The molecule has 9 nitrogen and oxygen atoms in total. The largest absolute Gasteiger partial charge is 0.478 e. The number of hydrogen-bond acceptors (Lipinski definition) is 5. The van der Waals surface area contributed by atoms with Gasteiger partial charge < -0.3 is 20.6 Å². The maximum atomic E-state index is 14.0. The van der Waals surface area contributed by atoms with Crippen LogP contribution in [0.4, 0.5) is 16.2 Å². The Balaban J connectivity index is 1.53. The van der Waals surface area contributed by atoms with Crippen LogP contribution in [0.5, 0.6) is 0 Å². The third-order valence-corrected chi connectivity index (χ3v) is 6.64. The number of fused-ring (bicyclic) bond motifs is 1. The number of carboxylic acids is 1. The number of benzene rings is 4. The van der Waals surface area contributed by atoms with E-state index in [1.165, 1.54) is 29.2 Å². The number of rotatable bonds is 7. The molecular weight excluding hydrogens is 520 g/mol. The van der Waals surface area contributed by atoms with Crippen molar-refractivity contribution < 1.29 is 24.3 Å². The first-order valence-corrected chi connectivity index (χ1v) is 12.9. The molecule has 0 saturated heterocycles. The molecule has 4 aromatic rings. The molecule has 0 radical (unpaired) electrons. The second-order valence-electron chi connectivity index (χ2n) is 9.41. The first-order chi connectivity index (χ1) is 19.8. The van der Waals surface area contributed by atoms with Gasteiger partial charge in [0.15, 0.2) is 5.78 Å². The van der Waals surface area contributed by atoms with Crippen molar-refractivity contribution in [3.05, 3.63) is 131 Å². The zero-order valence-electron chi connectivity index (χ0n) is 22.1. The summed E-state index contributed by atoms with van der Waals surface area (Å²) in [5.74, 6) is -2.00. The SMILES string of the molecule is Cc1ccccc1C(=O)CN1C(=O)C(NC(=O)Nc2cccc(C(=O)O)c2)N=C(c2ccccc2)c2ccccc21. The molecule has 9 heteroatoms. The Morgan fingerprint density at radius 1 is 0.878 bits per heavy atom. The minimum Gasteiger partial charge on any atom is -0.478 e. The Hall–Kier alpha value is -5.57. The van der Waals surface area contributed by atoms with Crippen molar-refractivity contribution in [3.63, 3.8) is 0 Å². The summed E-state index contributed by atoms with van der Waals surface area (Å²) >= 11 is 0. The van der Waals surface area contributed by atoms with Crippen molar-refractivity contribution in [3.8, 4) is 0 Å². The Morgan fingerprint density at radius 2 is 1.59 bits per heavy atom. The summed E-state index contributed by atoms with van der Waals surface area (Å²) in [5, 5.41) is 14.4. The van der Waals surface area contributed by atoms with E-state index < -0.39 is 24.1 Å². The van der Waals surface area contributed by atoms with E-state index in [4.69, 9.17) is 4.99 Å². The molecule has 204 valence electrons. The maximum absolute atomic E-state index is 14.0. The molecule has 5 rings (SSSR count). The van der Waals surface area contributed by atoms with Crippen LogP contribution in [0.2, 0.25) is 0 Å². The van der Waals surface area contributed by atoms with E-state index in [1.807, 2.05) is 61.5 Å². The van der Waals surface area contributed by atoms with Crippen molar-refractivity contribution in [1.82, 2.24) is 5.32 Å². The normalized spacial score (nSPS) is 14.4. The third-order valence-electron chi connectivity index (χ3n) is 6.64. The Labute approximate surface area is 236 Å². The van der Waals surface area contributed by atoms with E-state index in [1.54, 1.807) is 24.3 Å². The van der Waals surface area contributed by atoms with E-state index >= 15 is 0 Å². The molecular formula is C32H26N4O5. The number of nitrogens with zero attached hydrogens (tertiary/aromatic N) is 2. The molecule has 1 aliphatic rings. The molecule has 3 N–H and O–H groups in total. The van der Waals surface area contributed by atoms with Crippen LogP contribution in [0.3, 0.4) is 0 Å². The average Bonchev–Trinajstić information content (AvgIpc) is 3.08. The molecule has 0 aromatic heterocycles. The summed E-state index contributed by atoms with van der Waals surface area (Å²) in [5.41, 5.74) is 3.81. The van der Waals surface area contributed by atoms with Gasteiger partial charge in [0.05, 0.1) is 23.5 Å². The summed E-state index contributed by atoms with van der Waals surface area (Å²) in [7, 11) is 0. The van der Waals surface area contributed by atoms with Crippen molar-refractivity contribution in [2.24, 2.45) is 4.99 Å². The molecule has 41 heavy (non-hydrogen) atoms. The molecule has 0 bridgehead atoms. The number of carbonyl (C=O) groups is 4. The van der Waals surface area contributed by atoms with Crippen LogP contribution in [0, 0.1) is 6.92 Å². The number of para-hydroxylation sites is 1. The fraction of sp³-hybridized carbons (Fsp3) is 0.0938. The molecule has 3 amide bonds. The number of urea groups is 1. The second kappa shape index (κ2) is 11.7. The molecule has 1 atom stereocenters. The predicted molar refractivity (Wildman–Crippen MR) is 156 cm³/mol. The molecule has 0 aliphatic carbocycles. The predicted octanol–water partition coefficient (Wildman–Crippen LogP) is 4.91. The number of nitrogens with one attached hydrogen (secondary N) is 2. The number of benzodiazepines with no additional fused rings is 1. The van der Waals surface area contributed by atoms with E-state index in [0.717, 1.165) is 11.1 Å². The van der Waals surface area contributed by atoms with Gasteiger partial charge in [0.1, 0.15) is 0 Å². The quantitative estimate of drug-likeness (QED) is 0.284. The maximum Gasteiger partial charge on any atom is 0.335 e. The molecule has 1 aliphatic heterocycles. The number of amides is 3. The van der Waals surface area contributed by atoms with Gasteiger partial charge in [-0.3, -0.25) is 9.59 Å². The number of aromatic carboxylic acids is 1. The van der Waals surface area contributed by atoms with Gasteiger partial charge in [-0.15, -0.1) is 0 Å². The lowest BCUT2D eigenvalue weighted by Gasteiger charge is -2.25. The Bertz CT molecular complexity index is 1680. The molecule has 0 spiro atoms. The molecule has 0 saturated carbocycles. The number of ketones is 1. The van der Waals surface area contributed by atoms with E-state index in [0.29, 0.717) is 22.5 Å². The second-order valence-corrected chi connectivity index (χ2v) is 9.41. The number of carboxylic acid groups (broad SMARTS) is 1. The van der Waals surface area contributed by atoms with Gasteiger partial charge in [-0.05, 0) is 36.8 Å². The van der Waals surface area contributed by atoms with E-state index in [-0.39, 0.29) is 23.6 Å². The first-order valence-electron chi connectivity index (χ1n) is 12.9. The van der Waals surface area contributed by atoms with Crippen LogP contribution in [0.25, 0.3) is 0 Å².